The monoisotopic (exact) mass is 389 g/mol. The van der Waals surface area contributed by atoms with Crippen LogP contribution in [0, 0.1) is 5.95 Å². The minimum atomic E-state index is -0.624. The van der Waals surface area contributed by atoms with Gasteiger partial charge in [-0.05, 0) is 37.2 Å². The molecule has 0 bridgehead atoms. The van der Waals surface area contributed by atoms with E-state index in [1.807, 2.05) is 0 Å². The minimum absolute atomic E-state index is 0.000405. The molecule has 10 heteroatoms. The van der Waals surface area contributed by atoms with Crippen LogP contribution in [0.3, 0.4) is 0 Å². The van der Waals surface area contributed by atoms with Gasteiger partial charge in [-0.1, -0.05) is 0 Å². The molecule has 0 spiro atoms. The number of likely N-dealkylation sites (N-methyl/N-ethyl adjacent to an activating group) is 1. The van der Waals surface area contributed by atoms with Crippen molar-refractivity contribution in [1.29, 1.82) is 0 Å². The fraction of sp³-hybridized carbons (Fsp3) is 0.176. The molecule has 2 aromatic heterocycles. The number of fused-ring (bicyclic) bond motifs is 1. The lowest BCUT2D eigenvalue weighted by molar-refractivity contribution is -0.116. The summed E-state index contributed by atoms with van der Waals surface area (Å²) in [6.45, 7) is -0.000405. The molecule has 3 rings (SSSR count). The predicted octanol–water partition coefficient (Wildman–Crippen LogP) is 1.79. The van der Waals surface area contributed by atoms with E-state index in [4.69, 9.17) is 0 Å². The van der Waals surface area contributed by atoms with Crippen LogP contribution in [-0.2, 0) is 11.8 Å². The van der Waals surface area contributed by atoms with Crippen LogP contribution in [0.4, 0.5) is 10.1 Å². The highest BCUT2D eigenvalue weighted by Crippen LogP contribution is 2.30. The molecular weight excluding hydrogens is 373 g/mol. The third-order valence-corrected chi connectivity index (χ3v) is 4.69. The number of aldehydes is 1. The Labute approximate surface area is 157 Å². The molecule has 0 atom stereocenters. The van der Waals surface area contributed by atoms with Crippen molar-refractivity contribution < 1.29 is 14.0 Å². The van der Waals surface area contributed by atoms with Gasteiger partial charge in [0, 0.05) is 30.6 Å². The van der Waals surface area contributed by atoms with E-state index in [1.54, 1.807) is 36.7 Å². The van der Waals surface area contributed by atoms with Gasteiger partial charge >= 0.3 is 0 Å². The summed E-state index contributed by atoms with van der Waals surface area (Å²) in [7, 11) is 3.29. The van der Waals surface area contributed by atoms with Gasteiger partial charge in [-0.15, -0.1) is 0 Å². The van der Waals surface area contributed by atoms with Gasteiger partial charge in [-0.3, -0.25) is 19.5 Å². The molecule has 1 aromatic carbocycles. The number of aryl methyl sites for hydroxylation is 1. The van der Waals surface area contributed by atoms with Gasteiger partial charge in [0.05, 0.1) is 16.8 Å². The second-order valence-electron chi connectivity index (χ2n) is 5.86. The molecular formula is C17H16FN5O3S. The lowest BCUT2D eigenvalue weighted by Crippen LogP contribution is -2.26. The van der Waals surface area contributed by atoms with Crippen molar-refractivity contribution in [3.05, 3.63) is 52.3 Å². The summed E-state index contributed by atoms with van der Waals surface area (Å²) in [6.07, 6.45) is 2.18. The van der Waals surface area contributed by atoms with Crippen molar-refractivity contribution in [2.75, 3.05) is 18.9 Å². The SMILES string of the molecule is CN(CC(=O)Nc1ccn(C)c(=O)c1)Sc1cc(C=O)cc2c(F)[nH]nc12. The van der Waals surface area contributed by atoms with Gasteiger partial charge < -0.3 is 9.88 Å². The van der Waals surface area contributed by atoms with Crippen molar-refractivity contribution in [3.8, 4) is 0 Å². The second-order valence-corrected chi connectivity index (χ2v) is 7.11. The predicted molar refractivity (Wildman–Crippen MR) is 100 cm³/mol. The van der Waals surface area contributed by atoms with Crippen molar-refractivity contribution >= 4 is 40.7 Å². The van der Waals surface area contributed by atoms with Gasteiger partial charge in [0.15, 0.2) is 0 Å². The molecule has 0 radical (unpaired) electrons. The standard InChI is InChI=1S/C17H16FN5O3S/c1-22-4-3-11(7-15(22)26)19-14(25)8-23(2)27-13-6-10(9-24)5-12-16(13)20-21-17(12)18/h3-7,9H,8H2,1-2H3,(H,19,25)(H,20,21). The summed E-state index contributed by atoms with van der Waals surface area (Å²) < 4.78 is 16.8. The van der Waals surface area contributed by atoms with Crippen LogP contribution in [0.15, 0.2) is 40.2 Å². The summed E-state index contributed by atoms with van der Waals surface area (Å²) in [5, 5.41) is 9.01. The van der Waals surface area contributed by atoms with E-state index in [0.717, 1.165) is 11.9 Å². The molecule has 0 aliphatic carbocycles. The molecule has 0 aliphatic heterocycles. The number of halogens is 1. The Hall–Kier alpha value is -2.98. The zero-order valence-corrected chi connectivity index (χ0v) is 15.3. The van der Waals surface area contributed by atoms with Crippen LogP contribution < -0.4 is 10.9 Å². The smallest absolute Gasteiger partial charge is 0.252 e. The first-order valence-electron chi connectivity index (χ1n) is 7.86. The van der Waals surface area contributed by atoms with E-state index in [9.17, 15) is 18.8 Å². The van der Waals surface area contributed by atoms with Gasteiger partial charge in [-0.25, -0.2) is 4.31 Å². The number of hydrogen-bond acceptors (Lipinski definition) is 6. The molecule has 0 saturated carbocycles. The Bertz CT molecular complexity index is 1080. The topological polar surface area (TPSA) is 100 Å². The van der Waals surface area contributed by atoms with E-state index in [1.165, 1.54) is 16.7 Å². The summed E-state index contributed by atoms with van der Waals surface area (Å²) in [4.78, 5) is 35.4. The molecule has 0 unspecified atom stereocenters. The van der Waals surface area contributed by atoms with Gasteiger partial charge in [0.25, 0.3) is 5.56 Å². The fourth-order valence-corrected chi connectivity index (χ4v) is 3.39. The Kier molecular flexibility index (Phi) is 5.38. The first kappa shape index (κ1) is 18.8. The van der Waals surface area contributed by atoms with Crippen LogP contribution >= 0.6 is 11.9 Å². The zero-order chi connectivity index (χ0) is 19.6. The summed E-state index contributed by atoms with van der Waals surface area (Å²) in [5.74, 6) is -0.948. The van der Waals surface area contributed by atoms with Crippen LogP contribution in [0.5, 0.6) is 0 Å². The highest BCUT2D eigenvalue weighted by atomic mass is 32.2. The molecule has 27 heavy (non-hydrogen) atoms. The highest BCUT2D eigenvalue weighted by molar-refractivity contribution is 7.97. The molecule has 8 nitrogen and oxygen atoms in total. The Balaban J connectivity index is 1.71. The van der Waals surface area contributed by atoms with Crippen molar-refractivity contribution in [1.82, 2.24) is 19.1 Å². The van der Waals surface area contributed by atoms with Crippen LogP contribution in [0.25, 0.3) is 10.9 Å². The average molecular weight is 389 g/mol. The van der Waals surface area contributed by atoms with Gasteiger partial charge in [-0.2, -0.15) is 9.49 Å². The number of aromatic nitrogens is 3. The molecule has 140 valence electrons. The number of rotatable bonds is 6. The minimum Gasteiger partial charge on any atom is -0.325 e. The first-order chi connectivity index (χ1) is 12.9. The maximum atomic E-state index is 13.7. The number of anilines is 1. The van der Waals surface area contributed by atoms with Crippen LogP contribution in [-0.4, -0.2) is 44.9 Å². The third kappa shape index (κ3) is 4.23. The Morgan fingerprint density at radius 2 is 2.22 bits per heavy atom. The maximum Gasteiger partial charge on any atom is 0.252 e. The quantitative estimate of drug-likeness (QED) is 0.493. The normalized spacial score (nSPS) is 11.1. The second kappa shape index (κ2) is 7.72. The fourth-order valence-electron chi connectivity index (χ4n) is 2.44. The average Bonchev–Trinajstić information content (AvgIpc) is 2.99. The van der Waals surface area contributed by atoms with E-state index >= 15 is 0 Å². The Morgan fingerprint density at radius 1 is 1.44 bits per heavy atom. The number of pyridine rings is 1. The lowest BCUT2D eigenvalue weighted by atomic mass is 10.2. The lowest BCUT2D eigenvalue weighted by Gasteiger charge is -2.15. The van der Waals surface area contributed by atoms with E-state index in [2.05, 4.69) is 15.5 Å². The molecule has 2 N–H and O–H groups in total. The zero-order valence-electron chi connectivity index (χ0n) is 14.5. The van der Waals surface area contributed by atoms with Gasteiger partial charge in [0.1, 0.15) is 11.8 Å². The maximum absolute atomic E-state index is 13.7. The number of benzene rings is 1. The number of aromatic amines is 1. The van der Waals surface area contributed by atoms with Crippen LogP contribution in [0.1, 0.15) is 10.4 Å². The molecule has 0 saturated heterocycles. The number of amides is 1. The molecule has 0 fully saturated rings. The third-order valence-electron chi connectivity index (χ3n) is 3.74. The largest absolute Gasteiger partial charge is 0.325 e. The Morgan fingerprint density at radius 3 is 2.93 bits per heavy atom. The van der Waals surface area contributed by atoms with Crippen molar-refractivity contribution in [3.63, 3.8) is 0 Å². The van der Waals surface area contributed by atoms with Crippen LogP contribution in [0.2, 0.25) is 0 Å². The molecule has 2 heterocycles. The van der Waals surface area contributed by atoms with Crippen molar-refractivity contribution in [2.24, 2.45) is 7.05 Å². The summed E-state index contributed by atoms with van der Waals surface area (Å²) in [5.41, 5.74) is 0.857. The van der Waals surface area contributed by atoms with Crippen molar-refractivity contribution in [2.45, 2.75) is 4.90 Å². The number of hydrogen-bond donors (Lipinski definition) is 2. The summed E-state index contributed by atoms with van der Waals surface area (Å²) >= 11 is 1.16. The molecule has 3 aromatic rings. The first-order valence-corrected chi connectivity index (χ1v) is 8.63. The highest BCUT2D eigenvalue weighted by Gasteiger charge is 2.15. The number of nitrogens with one attached hydrogen (secondary N) is 2. The number of nitrogens with zero attached hydrogens (tertiary/aromatic N) is 3. The van der Waals surface area contributed by atoms with E-state index in [0.29, 0.717) is 27.9 Å². The molecule has 1 amide bonds. The summed E-state index contributed by atoms with van der Waals surface area (Å²) in [6, 6.07) is 5.94. The number of carbonyl (C=O) groups excluding carboxylic acids is 2. The number of H-pyrrole nitrogens is 1. The molecule has 0 aliphatic rings. The van der Waals surface area contributed by atoms with Gasteiger partial charge in [0.2, 0.25) is 11.9 Å². The number of carbonyl (C=O) groups is 2. The van der Waals surface area contributed by atoms with E-state index < -0.39 is 5.95 Å². The van der Waals surface area contributed by atoms with E-state index in [-0.39, 0.29) is 23.4 Å².